The number of halogens is 2. The molecule has 0 saturated heterocycles. The summed E-state index contributed by atoms with van der Waals surface area (Å²) in [7, 11) is 0. The van der Waals surface area contributed by atoms with E-state index in [1.165, 1.54) is 24.0 Å². The highest BCUT2D eigenvalue weighted by atomic mass is 35.5. The number of hydrogen-bond donors (Lipinski definition) is 0. The van der Waals surface area contributed by atoms with Gasteiger partial charge < -0.3 is 0 Å². The van der Waals surface area contributed by atoms with Crippen molar-refractivity contribution in [1.82, 2.24) is 0 Å². The summed E-state index contributed by atoms with van der Waals surface area (Å²) in [6, 6.07) is 6.07. The standard InChI is InChI=1S/C10H10Cl2/c11-6-7-1-4-10(12)9(5-7)8-2-3-8/h1,4-5,8H,2-3,6H2. The molecule has 1 aliphatic carbocycles. The van der Waals surface area contributed by atoms with Gasteiger partial charge in [-0.1, -0.05) is 23.7 Å². The third kappa shape index (κ3) is 1.60. The lowest BCUT2D eigenvalue weighted by Gasteiger charge is -2.03. The first-order valence-corrected chi connectivity index (χ1v) is 5.07. The number of alkyl halides is 1. The number of hydrogen-bond acceptors (Lipinski definition) is 0. The quantitative estimate of drug-likeness (QED) is 0.635. The van der Waals surface area contributed by atoms with Crippen LogP contribution < -0.4 is 0 Å². The molecule has 0 bridgehead atoms. The molecule has 0 aliphatic heterocycles. The average Bonchev–Trinajstić information content (AvgIpc) is 2.88. The van der Waals surface area contributed by atoms with Crippen molar-refractivity contribution < 1.29 is 0 Å². The summed E-state index contributed by atoms with van der Waals surface area (Å²) in [5.41, 5.74) is 2.46. The molecule has 1 aliphatic rings. The molecule has 64 valence electrons. The molecule has 2 rings (SSSR count). The fraction of sp³-hybridized carbons (Fsp3) is 0.400. The molecule has 0 spiro atoms. The van der Waals surface area contributed by atoms with E-state index < -0.39 is 0 Å². The van der Waals surface area contributed by atoms with Gasteiger partial charge in [0, 0.05) is 10.9 Å². The van der Waals surface area contributed by atoms with Gasteiger partial charge in [-0.25, -0.2) is 0 Å². The van der Waals surface area contributed by atoms with Gasteiger partial charge >= 0.3 is 0 Å². The molecular formula is C10H10Cl2. The van der Waals surface area contributed by atoms with E-state index >= 15 is 0 Å². The topological polar surface area (TPSA) is 0 Å². The molecule has 0 aromatic heterocycles. The summed E-state index contributed by atoms with van der Waals surface area (Å²) < 4.78 is 0. The van der Waals surface area contributed by atoms with Crippen molar-refractivity contribution in [2.75, 3.05) is 0 Å². The molecule has 0 nitrogen and oxygen atoms in total. The normalized spacial score (nSPS) is 16.5. The van der Waals surface area contributed by atoms with E-state index in [4.69, 9.17) is 23.2 Å². The Balaban J connectivity index is 2.36. The highest BCUT2D eigenvalue weighted by Gasteiger charge is 2.25. The zero-order valence-corrected chi connectivity index (χ0v) is 8.20. The van der Waals surface area contributed by atoms with Crippen molar-refractivity contribution in [1.29, 1.82) is 0 Å². The van der Waals surface area contributed by atoms with E-state index in [2.05, 4.69) is 6.07 Å². The van der Waals surface area contributed by atoms with Crippen molar-refractivity contribution in [2.24, 2.45) is 0 Å². The second-order valence-corrected chi connectivity index (χ2v) is 3.94. The summed E-state index contributed by atoms with van der Waals surface area (Å²) >= 11 is 11.8. The minimum atomic E-state index is 0.580. The molecule has 1 fully saturated rings. The predicted octanol–water partition coefficient (Wildman–Crippen LogP) is 3.96. The molecule has 12 heavy (non-hydrogen) atoms. The first-order chi connectivity index (χ1) is 5.81. The van der Waals surface area contributed by atoms with Gasteiger partial charge in [-0.3, -0.25) is 0 Å². The van der Waals surface area contributed by atoms with Crippen LogP contribution in [0.15, 0.2) is 18.2 Å². The van der Waals surface area contributed by atoms with E-state index in [0.29, 0.717) is 11.8 Å². The number of benzene rings is 1. The molecular weight excluding hydrogens is 191 g/mol. The molecule has 0 atom stereocenters. The third-order valence-electron chi connectivity index (χ3n) is 2.23. The van der Waals surface area contributed by atoms with Gasteiger partial charge in [0.05, 0.1) is 0 Å². The lowest BCUT2D eigenvalue weighted by Crippen LogP contribution is -1.85. The Morgan fingerprint density at radius 2 is 2.08 bits per heavy atom. The van der Waals surface area contributed by atoms with Crippen molar-refractivity contribution in [3.63, 3.8) is 0 Å². The molecule has 1 aromatic rings. The molecule has 0 unspecified atom stereocenters. The van der Waals surface area contributed by atoms with Gasteiger partial charge in [0.25, 0.3) is 0 Å². The zero-order valence-electron chi connectivity index (χ0n) is 6.69. The second kappa shape index (κ2) is 3.27. The molecule has 0 radical (unpaired) electrons. The highest BCUT2D eigenvalue weighted by Crippen LogP contribution is 2.43. The smallest absolute Gasteiger partial charge is 0.0474 e. The van der Waals surface area contributed by atoms with Crippen LogP contribution in [0.25, 0.3) is 0 Å². The van der Waals surface area contributed by atoms with Crippen LogP contribution in [0, 0.1) is 0 Å². The largest absolute Gasteiger partial charge is 0.122 e. The van der Waals surface area contributed by atoms with E-state index in [1.807, 2.05) is 12.1 Å². The van der Waals surface area contributed by atoms with Crippen molar-refractivity contribution in [3.05, 3.63) is 34.3 Å². The lowest BCUT2D eigenvalue weighted by atomic mass is 10.1. The summed E-state index contributed by atoms with van der Waals surface area (Å²) in [6.45, 7) is 0. The molecule has 0 heterocycles. The molecule has 1 aromatic carbocycles. The van der Waals surface area contributed by atoms with Gasteiger partial charge in [0.1, 0.15) is 0 Å². The van der Waals surface area contributed by atoms with E-state index in [9.17, 15) is 0 Å². The second-order valence-electron chi connectivity index (χ2n) is 3.26. The first-order valence-electron chi connectivity index (χ1n) is 4.15. The maximum absolute atomic E-state index is 6.05. The predicted molar refractivity (Wildman–Crippen MR) is 53.0 cm³/mol. The van der Waals surface area contributed by atoms with Crippen LogP contribution in [0.3, 0.4) is 0 Å². The van der Waals surface area contributed by atoms with Crippen molar-refractivity contribution in [2.45, 2.75) is 24.6 Å². The minimum Gasteiger partial charge on any atom is -0.122 e. The first kappa shape index (κ1) is 8.40. The van der Waals surface area contributed by atoms with Crippen molar-refractivity contribution >= 4 is 23.2 Å². The monoisotopic (exact) mass is 200 g/mol. The van der Waals surface area contributed by atoms with Crippen molar-refractivity contribution in [3.8, 4) is 0 Å². The van der Waals surface area contributed by atoms with Crippen LogP contribution in [0.1, 0.15) is 29.9 Å². The summed E-state index contributed by atoms with van der Waals surface area (Å²) in [5, 5.41) is 0.895. The molecule has 2 heteroatoms. The average molecular weight is 201 g/mol. The number of rotatable bonds is 2. The van der Waals surface area contributed by atoms with Crippen LogP contribution in [-0.4, -0.2) is 0 Å². The summed E-state index contributed by atoms with van der Waals surface area (Å²) in [6.07, 6.45) is 2.57. The van der Waals surface area contributed by atoms with Gasteiger partial charge in [-0.15, -0.1) is 11.6 Å². The lowest BCUT2D eigenvalue weighted by molar-refractivity contribution is 1.12. The van der Waals surface area contributed by atoms with Crippen LogP contribution in [0.2, 0.25) is 5.02 Å². The SMILES string of the molecule is ClCc1ccc(Cl)c(C2CC2)c1. The van der Waals surface area contributed by atoms with E-state index in [0.717, 1.165) is 5.02 Å². The zero-order chi connectivity index (χ0) is 8.55. The molecule has 0 N–H and O–H groups in total. The Morgan fingerprint density at radius 3 is 2.67 bits per heavy atom. The van der Waals surface area contributed by atoms with Crippen LogP contribution >= 0.6 is 23.2 Å². The fourth-order valence-electron chi connectivity index (χ4n) is 1.38. The Hall–Kier alpha value is -0.200. The van der Waals surface area contributed by atoms with Gasteiger partial charge in [0.2, 0.25) is 0 Å². The summed E-state index contributed by atoms with van der Waals surface area (Å²) in [4.78, 5) is 0. The summed E-state index contributed by atoms with van der Waals surface area (Å²) in [5.74, 6) is 1.29. The van der Waals surface area contributed by atoms with Gasteiger partial charge in [0.15, 0.2) is 0 Å². The van der Waals surface area contributed by atoms with Crippen LogP contribution in [0.4, 0.5) is 0 Å². The van der Waals surface area contributed by atoms with Gasteiger partial charge in [-0.05, 0) is 36.0 Å². The van der Waals surface area contributed by atoms with Crippen LogP contribution in [-0.2, 0) is 5.88 Å². The maximum atomic E-state index is 6.05. The maximum Gasteiger partial charge on any atom is 0.0474 e. The highest BCUT2D eigenvalue weighted by molar-refractivity contribution is 6.31. The third-order valence-corrected chi connectivity index (χ3v) is 2.88. The Labute approximate surface area is 82.5 Å². The minimum absolute atomic E-state index is 0.580. The van der Waals surface area contributed by atoms with Gasteiger partial charge in [-0.2, -0.15) is 0 Å². The van der Waals surface area contributed by atoms with E-state index in [-0.39, 0.29) is 0 Å². The Kier molecular flexibility index (Phi) is 2.29. The van der Waals surface area contributed by atoms with E-state index in [1.54, 1.807) is 0 Å². The van der Waals surface area contributed by atoms with Crippen LogP contribution in [0.5, 0.6) is 0 Å². The Morgan fingerprint density at radius 1 is 1.33 bits per heavy atom. The Bertz CT molecular complexity index is 290. The fourth-order valence-corrected chi connectivity index (χ4v) is 1.82. The molecule has 0 amide bonds. The molecule has 1 saturated carbocycles.